The minimum Gasteiger partial charge on any atom is -0.313 e. The molecule has 0 saturated heterocycles. The lowest BCUT2D eigenvalue weighted by Gasteiger charge is -2.04. The number of benzene rings is 1. The molecule has 1 rings (SSSR count). The number of hydrogen-bond acceptors (Lipinski definition) is 3. The summed E-state index contributed by atoms with van der Waals surface area (Å²) in [5.74, 6) is -0.744. The van der Waals surface area contributed by atoms with Crippen LogP contribution in [-0.4, -0.2) is 11.5 Å². The van der Waals surface area contributed by atoms with E-state index >= 15 is 0 Å². The van der Waals surface area contributed by atoms with Crippen molar-refractivity contribution in [3.8, 4) is 0 Å². The molecule has 5 heteroatoms. The third-order valence-corrected chi connectivity index (χ3v) is 2.00. The van der Waals surface area contributed by atoms with Crippen molar-refractivity contribution in [1.29, 1.82) is 0 Å². The molecule has 0 heterocycles. The lowest BCUT2D eigenvalue weighted by atomic mass is 10.2. The molecular formula is C10H13FN2O2. The zero-order chi connectivity index (χ0) is 11.3. The Hall–Kier alpha value is -1.49. The van der Waals surface area contributed by atoms with Gasteiger partial charge in [0.25, 0.3) is 0 Å². The van der Waals surface area contributed by atoms with Crippen LogP contribution in [0.2, 0.25) is 0 Å². The van der Waals surface area contributed by atoms with E-state index in [4.69, 9.17) is 0 Å². The maximum Gasteiger partial charge on any atom is 0.305 e. The quantitative estimate of drug-likeness (QED) is 0.462. The first-order chi connectivity index (χ1) is 7.16. The van der Waals surface area contributed by atoms with Crippen molar-refractivity contribution >= 4 is 5.69 Å². The molecule has 0 aliphatic heterocycles. The molecule has 0 aliphatic rings. The Morgan fingerprint density at radius 2 is 2.27 bits per heavy atom. The smallest absolute Gasteiger partial charge is 0.305 e. The minimum absolute atomic E-state index is 0.321. The van der Waals surface area contributed by atoms with Gasteiger partial charge in [-0.1, -0.05) is 19.1 Å². The molecule has 4 nitrogen and oxygen atoms in total. The molecule has 0 aromatic heterocycles. The third-order valence-electron chi connectivity index (χ3n) is 2.00. The molecule has 0 aliphatic carbocycles. The van der Waals surface area contributed by atoms with Crippen LogP contribution in [0.15, 0.2) is 18.2 Å². The van der Waals surface area contributed by atoms with Crippen molar-refractivity contribution in [1.82, 2.24) is 5.32 Å². The number of nitrogens with one attached hydrogen (secondary N) is 1. The van der Waals surface area contributed by atoms with E-state index in [0.717, 1.165) is 13.0 Å². The van der Waals surface area contributed by atoms with Crippen LogP contribution in [0.25, 0.3) is 0 Å². The van der Waals surface area contributed by atoms with Crippen molar-refractivity contribution in [3.05, 3.63) is 39.7 Å². The zero-order valence-electron chi connectivity index (χ0n) is 8.50. The fourth-order valence-corrected chi connectivity index (χ4v) is 1.24. The average molecular weight is 212 g/mol. The number of hydrogen-bond donors (Lipinski definition) is 1. The highest BCUT2D eigenvalue weighted by Gasteiger charge is 2.16. The van der Waals surface area contributed by atoms with Crippen LogP contribution in [0.1, 0.15) is 18.9 Å². The van der Waals surface area contributed by atoms with Crippen molar-refractivity contribution in [3.63, 3.8) is 0 Å². The van der Waals surface area contributed by atoms with Crippen LogP contribution < -0.4 is 5.32 Å². The normalized spacial score (nSPS) is 10.3. The molecule has 0 saturated carbocycles. The summed E-state index contributed by atoms with van der Waals surface area (Å²) in [5.41, 5.74) is -0.136. The number of nitrogens with zero attached hydrogens (tertiary/aromatic N) is 1. The fourth-order valence-electron chi connectivity index (χ4n) is 1.24. The number of halogens is 1. The topological polar surface area (TPSA) is 55.2 Å². The molecule has 0 spiro atoms. The van der Waals surface area contributed by atoms with Gasteiger partial charge in [-0.25, -0.2) is 0 Å². The SMILES string of the molecule is CCCNCc1cccc([N+](=O)[O-])c1F. The first kappa shape index (κ1) is 11.6. The second-order valence-corrected chi connectivity index (χ2v) is 3.18. The molecule has 15 heavy (non-hydrogen) atoms. The van der Waals surface area contributed by atoms with Crippen molar-refractivity contribution < 1.29 is 9.31 Å². The highest BCUT2D eigenvalue weighted by atomic mass is 19.1. The predicted octanol–water partition coefficient (Wildman–Crippen LogP) is 2.23. The van der Waals surface area contributed by atoms with Crippen LogP contribution in [0.4, 0.5) is 10.1 Å². The standard InChI is InChI=1S/C10H13FN2O2/c1-2-6-12-7-8-4-3-5-9(10(8)11)13(14)15/h3-5,12H,2,6-7H2,1H3. The Morgan fingerprint density at radius 1 is 1.53 bits per heavy atom. The molecule has 0 unspecified atom stereocenters. The van der Waals surface area contributed by atoms with E-state index in [0.29, 0.717) is 12.1 Å². The van der Waals surface area contributed by atoms with Gasteiger partial charge in [0.2, 0.25) is 5.82 Å². The van der Waals surface area contributed by atoms with E-state index < -0.39 is 16.4 Å². The van der Waals surface area contributed by atoms with Crippen molar-refractivity contribution in [2.45, 2.75) is 19.9 Å². The van der Waals surface area contributed by atoms with Crippen LogP contribution in [-0.2, 0) is 6.54 Å². The summed E-state index contributed by atoms with van der Waals surface area (Å²) in [7, 11) is 0. The van der Waals surface area contributed by atoms with E-state index in [1.807, 2.05) is 6.92 Å². The predicted molar refractivity (Wildman–Crippen MR) is 55.1 cm³/mol. The molecule has 0 radical (unpaired) electrons. The molecule has 0 bridgehead atoms. The van der Waals surface area contributed by atoms with Gasteiger partial charge in [-0.2, -0.15) is 4.39 Å². The summed E-state index contributed by atoms with van der Waals surface area (Å²) in [6, 6.07) is 4.20. The fraction of sp³-hybridized carbons (Fsp3) is 0.400. The Bertz CT molecular complexity index is 355. The lowest BCUT2D eigenvalue weighted by molar-refractivity contribution is -0.387. The summed E-state index contributed by atoms with van der Waals surface area (Å²) in [4.78, 5) is 9.74. The number of nitro benzene ring substituents is 1. The summed E-state index contributed by atoms with van der Waals surface area (Å²) in [6.07, 6.45) is 0.941. The Kier molecular flexibility index (Phi) is 4.17. The molecule has 1 N–H and O–H groups in total. The Labute approximate surface area is 87.3 Å². The first-order valence-electron chi connectivity index (χ1n) is 4.79. The Morgan fingerprint density at radius 3 is 2.87 bits per heavy atom. The average Bonchev–Trinajstić information content (AvgIpc) is 2.20. The van der Waals surface area contributed by atoms with Crippen LogP contribution in [0.5, 0.6) is 0 Å². The highest BCUT2D eigenvalue weighted by Crippen LogP contribution is 2.19. The van der Waals surface area contributed by atoms with Gasteiger partial charge in [0.05, 0.1) is 4.92 Å². The lowest BCUT2D eigenvalue weighted by Crippen LogP contribution is -2.15. The summed E-state index contributed by atoms with van der Waals surface area (Å²) < 4.78 is 13.5. The first-order valence-corrected chi connectivity index (χ1v) is 4.79. The van der Waals surface area contributed by atoms with Crippen LogP contribution in [0, 0.1) is 15.9 Å². The second-order valence-electron chi connectivity index (χ2n) is 3.18. The maximum atomic E-state index is 13.5. The van der Waals surface area contributed by atoms with E-state index in [-0.39, 0.29) is 0 Å². The highest BCUT2D eigenvalue weighted by molar-refractivity contribution is 5.36. The van der Waals surface area contributed by atoms with E-state index in [1.54, 1.807) is 6.07 Å². The van der Waals surface area contributed by atoms with Gasteiger partial charge in [0.15, 0.2) is 0 Å². The Balaban J connectivity index is 2.80. The van der Waals surface area contributed by atoms with Gasteiger partial charge in [-0.05, 0) is 13.0 Å². The van der Waals surface area contributed by atoms with Gasteiger partial charge >= 0.3 is 5.69 Å². The number of rotatable bonds is 5. The summed E-state index contributed by atoms with van der Waals surface area (Å²) in [6.45, 7) is 3.08. The third kappa shape index (κ3) is 2.99. The van der Waals surface area contributed by atoms with Crippen LogP contribution in [0.3, 0.4) is 0 Å². The second kappa shape index (κ2) is 5.41. The number of nitro groups is 1. The maximum absolute atomic E-state index is 13.5. The molecule has 0 amide bonds. The monoisotopic (exact) mass is 212 g/mol. The molecular weight excluding hydrogens is 199 g/mol. The largest absolute Gasteiger partial charge is 0.313 e. The van der Waals surface area contributed by atoms with Gasteiger partial charge in [0, 0.05) is 18.2 Å². The van der Waals surface area contributed by atoms with Gasteiger partial charge in [0.1, 0.15) is 0 Å². The van der Waals surface area contributed by atoms with Gasteiger partial charge < -0.3 is 5.32 Å². The van der Waals surface area contributed by atoms with Gasteiger partial charge in [-0.15, -0.1) is 0 Å². The van der Waals surface area contributed by atoms with E-state index in [2.05, 4.69) is 5.32 Å². The molecule has 0 atom stereocenters. The van der Waals surface area contributed by atoms with Crippen molar-refractivity contribution in [2.75, 3.05) is 6.54 Å². The molecule has 82 valence electrons. The van der Waals surface area contributed by atoms with E-state index in [9.17, 15) is 14.5 Å². The van der Waals surface area contributed by atoms with Crippen molar-refractivity contribution in [2.24, 2.45) is 0 Å². The summed E-state index contributed by atoms with van der Waals surface area (Å²) in [5, 5.41) is 13.4. The molecule has 1 aromatic rings. The van der Waals surface area contributed by atoms with Crippen LogP contribution >= 0.6 is 0 Å². The van der Waals surface area contributed by atoms with E-state index in [1.165, 1.54) is 12.1 Å². The zero-order valence-corrected chi connectivity index (χ0v) is 8.50. The minimum atomic E-state index is -0.744. The molecule has 1 aromatic carbocycles. The molecule has 0 fully saturated rings. The summed E-state index contributed by atoms with van der Waals surface area (Å²) >= 11 is 0. The van der Waals surface area contributed by atoms with Gasteiger partial charge in [-0.3, -0.25) is 10.1 Å².